The Morgan fingerprint density at radius 2 is 2.00 bits per heavy atom. The maximum atomic E-state index is 13.0. The van der Waals surface area contributed by atoms with Crippen LogP contribution in [0.4, 0.5) is 5.69 Å². The Labute approximate surface area is 176 Å². The van der Waals surface area contributed by atoms with Crippen LogP contribution < -0.4 is 4.90 Å². The number of ether oxygens (including phenoxy) is 1. The zero-order valence-electron chi connectivity index (χ0n) is 16.8. The van der Waals surface area contributed by atoms with Crippen molar-refractivity contribution in [1.82, 2.24) is 0 Å². The van der Waals surface area contributed by atoms with Gasteiger partial charge in [0.1, 0.15) is 0 Å². The molecule has 0 fully saturated rings. The normalized spacial score (nSPS) is 14.7. The van der Waals surface area contributed by atoms with Crippen molar-refractivity contribution >= 4 is 22.9 Å². The summed E-state index contributed by atoms with van der Waals surface area (Å²) in [5.41, 5.74) is 4.01. The van der Waals surface area contributed by atoms with Crippen molar-refractivity contribution < 1.29 is 9.53 Å². The first-order valence-electron chi connectivity index (χ1n) is 10.4. The lowest BCUT2D eigenvalue weighted by atomic mass is 9.98. The van der Waals surface area contributed by atoms with Gasteiger partial charge in [0.2, 0.25) is 0 Å². The molecule has 4 rings (SSSR count). The molecule has 3 nitrogen and oxygen atoms in total. The lowest BCUT2D eigenvalue weighted by molar-refractivity contribution is 0.0348. The third kappa shape index (κ3) is 4.60. The summed E-state index contributed by atoms with van der Waals surface area (Å²) in [5, 5.41) is 2.11. The highest BCUT2D eigenvalue weighted by molar-refractivity contribution is 7.10. The van der Waals surface area contributed by atoms with E-state index in [0.29, 0.717) is 13.2 Å². The number of fused-ring (bicyclic) bond motifs is 1. The van der Waals surface area contributed by atoms with Gasteiger partial charge in [-0.1, -0.05) is 56.2 Å². The molecule has 0 saturated heterocycles. The van der Waals surface area contributed by atoms with E-state index in [1.807, 2.05) is 35.2 Å². The van der Waals surface area contributed by atoms with E-state index < -0.39 is 0 Å². The maximum absolute atomic E-state index is 13.0. The van der Waals surface area contributed by atoms with Crippen LogP contribution in [-0.2, 0) is 17.8 Å². The molecule has 1 unspecified atom stereocenters. The summed E-state index contributed by atoms with van der Waals surface area (Å²) >= 11 is 1.76. The Morgan fingerprint density at radius 1 is 1.10 bits per heavy atom. The number of thiophene rings is 1. The molecule has 0 N–H and O–H groups in total. The van der Waals surface area contributed by atoms with Crippen molar-refractivity contribution in [3.8, 4) is 0 Å². The van der Waals surface area contributed by atoms with E-state index in [9.17, 15) is 4.79 Å². The standard InChI is InChI=1S/C25H27NO2S/c1-2-3-12-23(24-13-7-16-29-24)28-18-19-8-6-10-21(17-19)26-15-14-20-9-4-5-11-22(20)25(26)27/h4-11,13,16-17,23H,2-3,12,14-15,18H2,1H3. The quantitative estimate of drug-likeness (QED) is 0.434. The highest BCUT2D eigenvalue weighted by Gasteiger charge is 2.25. The third-order valence-corrected chi connectivity index (χ3v) is 6.42. The molecule has 1 atom stereocenters. The minimum atomic E-state index is 0.0873. The highest BCUT2D eigenvalue weighted by atomic mass is 32.1. The Bertz CT molecular complexity index is 951. The first-order valence-corrected chi connectivity index (χ1v) is 11.3. The molecule has 2 heterocycles. The Balaban J connectivity index is 1.47. The van der Waals surface area contributed by atoms with E-state index in [1.54, 1.807) is 11.3 Å². The molecule has 1 aromatic heterocycles. The number of rotatable bonds is 8. The van der Waals surface area contributed by atoms with Crippen LogP contribution in [-0.4, -0.2) is 12.5 Å². The lowest BCUT2D eigenvalue weighted by Gasteiger charge is -2.29. The van der Waals surface area contributed by atoms with Gasteiger partial charge in [-0.05, 0) is 53.6 Å². The van der Waals surface area contributed by atoms with E-state index in [0.717, 1.165) is 41.6 Å². The van der Waals surface area contributed by atoms with Crippen molar-refractivity contribution in [2.24, 2.45) is 0 Å². The molecule has 29 heavy (non-hydrogen) atoms. The van der Waals surface area contributed by atoms with Gasteiger partial charge in [0.15, 0.2) is 0 Å². The van der Waals surface area contributed by atoms with E-state index in [4.69, 9.17) is 4.74 Å². The van der Waals surface area contributed by atoms with Crippen molar-refractivity contribution in [2.75, 3.05) is 11.4 Å². The number of carbonyl (C=O) groups excluding carboxylic acids is 1. The number of anilines is 1. The van der Waals surface area contributed by atoms with E-state index in [2.05, 4.69) is 42.6 Å². The molecule has 3 aromatic rings. The van der Waals surface area contributed by atoms with E-state index in [1.165, 1.54) is 11.3 Å². The molecule has 1 aliphatic rings. The Kier molecular flexibility index (Phi) is 6.43. The molecule has 4 heteroatoms. The summed E-state index contributed by atoms with van der Waals surface area (Å²) in [6.07, 6.45) is 4.39. The second kappa shape index (κ2) is 9.38. The van der Waals surface area contributed by atoms with Gasteiger partial charge in [-0.25, -0.2) is 0 Å². The van der Waals surface area contributed by atoms with Crippen molar-refractivity contribution in [2.45, 2.75) is 45.3 Å². The molecule has 0 saturated carbocycles. The number of amides is 1. The maximum Gasteiger partial charge on any atom is 0.258 e. The first kappa shape index (κ1) is 19.9. The predicted molar refractivity (Wildman–Crippen MR) is 120 cm³/mol. The molecule has 1 amide bonds. The molecule has 0 bridgehead atoms. The van der Waals surface area contributed by atoms with Gasteiger partial charge in [-0.15, -0.1) is 11.3 Å². The summed E-state index contributed by atoms with van der Waals surface area (Å²) in [4.78, 5) is 16.1. The second-order valence-corrected chi connectivity index (χ2v) is 8.47. The zero-order valence-corrected chi connectivity index (χ0v) is 17.7. The van der Waals surface area contributed by atoms with Crippen molar-refractivity contribution in [1.29, 1.82) is 0 Å². The van der Waals surface area contributed by atoms with Gasteiger partial charge in [0.05, 0.1) is 12.7 Å². The Morgan fingerprint density at radius 3 is 2.83 bits per heavy atom. The van der Waals surface area contributed by atoms with Gasteiger partial charge in [-0.2, -0.15) is 0 Å². The molecule has 0 aliphatic carbocycles. The summed E-state index contributed by atoms with van der Waals surface area (Å²) < 4.78 is 6.31. The Hall–Kier alpha value is -2.43. The second-order valence-electron chi connectivity index (χ2n) is 7.49. The molecule has 150 valence electrons. The number of carbonyl (C=O) groups is 1. The molecule has 1 aliphatic heterocycles. The topological polar surface area (TPSA) is 29.5 Å². The number of hydrogen-bond donors (Lipinski definition) is 0. The minimum absolute atomic E-state index is 0.0873. The number of nitrogens with zero attached hydrogens (tertiary/aromatic N) is 1. The van der Waals surface area contributed by atoms with E-state index in [-0.39, 0.29) is 12.0 Å². The number of unbranched alkanes of at least 4 members (excludes halogenated alkanes) is 1. The fourth-order valence-corrected chi connectivity index (χ4v) is 4.66. The van der Waals surface area contributed by atoms with Gasteiger partial charge >= 0.3 is 0 Å². The van der Waals surface area contributed by atoms with Gasteiger partial charge in [0, 0.05) is 22.7 Å². The minimum Gasteiger partial charge on any atom is -0.368 e. The van der Waals surface area contributed by atoms with Crippen molar-refractivity contribution in [3.63, 3.8) is 0 Å². The summed E-state index contributed by atoms with van der Waals surface area (Å²) in [6, 6.07) is 20.4. The predicted octanol–water partition coefficient (Wildman–Crippen LogP) is 6.40. The molecular formula is C25H27NO2S. The van der Waals surface area contributed by atoms with Crippen LogP contribution in [0.25, 0.3) is 0 Å². The number of benzene rings is 2. The molecular weight excluding hydrogens is 378 g/mol. The third-order valence-electron chi connectivity index (χ3n) is 5.45. The van der Waals surface area contributed by atoms with Crippen LogP contribution in [0.1, 0.15) is 58.7 Å². The summed E-state index contributed by atoms with van der Waals surface area (Å²) in [5.74, 6) is 0.0873. The van der Waals surface area contributed by atoms with Gasteiger partial charge in [0.25, 0.3) is 5.91 Å². The van der Waals surface area contributed by atoms with Crippen LogP contribution in [0.2, 0.25) is 0 Å². The highest BCUT2D eigenvalue weighted by Crippen LogP contribution is 2.30. The van der Waals surface area contributed by atoms with Crippen LogP contribution >= 0.6 is 11.3 Å². The first-order chi connectivity index (χ1) is 14.3. The SMILES string of the molecule is CCCCC(OCc1cccc(N2CCc3ccccc3C2=O)c1)c1cccs1. The zero-order chi connectivity index (χ0) is 20.1. The van der Waals surface area contributed by atoms with Crippen molar-refractivity contribution in [3.05, 3.63) is 87.6 Å². The molecule has 2 aromatic carbocycles. The summed E-state index contributed by atoms with van der Waals surface area (Å²) in [6.45, 7) is 3.48. The van der Waals surface area contributed by atoms with E-state index >= 15 is 0 Å². The average molecular weight is 406 g/mol. The molecule has 0 radical (unpaired) electrons. The van der Waals surface area contributed by atoms with Crippen LogP contribution in [0.3, 0.4) is 0 Å². The van der Waals surface area contributed by atoms with Crippen LogP contribution in [0.15, 0.2) is 66.0 Å². The smallest absolute Gasteiger partial charge is 0.258 e. The fourth-order valence-electron chi connectivity index (χ4n) is 3.86. The average Bonchev–Trinajstić information content (AvgIpc) is 3.29. The lowest BCUT2D eigenvalue weighted by Crippen LogP contribution is -2.37. The van der Waals surface area contributed by atoms with Crippen LogP contribution in [0.5, 0.6) is 0 Å². The van der Waals surface area contributed by atoms with Gasteiger partial charge < -0.3 is 9.64 Å². The fraction of sp³-hybridized carbons (Fsp3) is 0.320. The summed E-state index contributed by atoms with van der Waals surface area (Å²) in [7, 11) is 0. The monoisotopic (exact) mass is 405 g/mol. The molecule has 0 spiro atoms. The number of hydrogen-bond acceptors (Lipinski definition) is 3. The van der Waals surface area contributed by atoms with Gasteiger partial charge in [-0.3, -0.25) is 4.79 Å². The van der Waals surface area contributed by atoms with Crippen LogP contribution in [0, 0.1) is 0 Å². The largest absolute Gasteiger partial charge is 0.368 e.